The minimum atomic E-state index is -0.527. The fourth-order valence-corrected chi connectivity index (χ4v) is 2.19. The molecule has 0 amide bonds. The maximum atomic E-state index is 11.1. The van der Waals surface area contributed by atoms with Gasteiger partial charge in [-0.2, -0.15) is 5.90 Å². The van der Waals surface area contributed by atoms with Crippen LogP contribution in [0.3, 0.4) is 0 Å². The fraction of sp³-hybridized carbons (Fsp3) is 0. The molecule has 2 aromatic rings. The number of rotatable bonds is 3. The van der Waals surface area contributed by atoms with Crippen molar-refractivity contribution in [1.29, 1.82) is 0 Å². The Morgan fingerprint density at radius 1 is 0.941 bits per heavy atom. The molecule has 86 valence electrons. The molecule has 17 heavy (non-hydrogen) atoms. The van der Waals surface area contributed by atoms with Crippen LogP contribution in [0.1, 0.15) is 10.4 Å². The van der Waals surface area contributed by atoms with Gasteiger partial charge in [0.05, 0.1) is 5.56 Å². The Kier molecular flexibility index (Phi) is 3.80. The van der Waals surface area contributed by atoms with Crippen molar-refractivity contribution < 1.29 is 9.63 Å². The molecule has 0 fully saturated rings. The molecule has 0 aliphatic heterocycles. The highest BCUT2D eigenvalue weighted by molar-refractivity contribution is 7.99. The second kappa shape index (κ2) is 5.52. The third-order valence-corrected chi connectivity index (χ3v) is 3.19. The lowest BCUT2D eigenvalue weighted by atomic mass is 10.2. The quantitative estimate of drug-likeness (QED) is 0.845. The van der Waals surface area contributed by atoms with E-state index in [2.05, 4.69) is 4.84 Å². The molecule has 0 unspecified atom stereocenters. The van der Waals surface area contributed by atoms with Crippen LogP contribution in [-0.2, 0) is 4.84 Å². The van der Waals surface area contributed by atoms with Gasteiger partial charge in [0.15, 0.2) is 0 Å². The first kappa shape index (κ1) is 11.7. The Hall–Kier alpha value is -1.78. The largest absolute Gasteiger partial charge is 0.370 e. The van der Waals surface area contributed by atoms with Crippen molar-refractivity contribution in [2.24, 2.45) is 5.90 Å². The molecule has 0 bridgehead atoms. The summed E-state index contributed by atoms with van der Waals surface area (Å²) >= 11 is 1.63. The Bertz CT molecular complexity index is 497. The first-order valence-electron chi connectivity index (χ1n) is 5.03. The van der Waals surface area contributed by atoms with Crippen LogP contribution in [0.15, 0.2) is 64.4 Å². The highest BCUT2D eigenvalue weighted by Gasteiger charge is 2.05. The van der Waals surface area contributed by atoms with Gasteiger partial charge in [-0.15, -0.1) is 0 Å². The molecular formula is C13H11NO2S. The van der Waals surface area contributed by atoms with Gasteiger partial charge < -0.3 is 4.84 Å². The third kappa shape index (κ3) is 3.09. The van der Waals surface area contributed by atoms with Crippen molar-refractivity contribution in [3.63, 3.8) is 0 Å². The topological polar surface area (TPSA) is 52.3 Å². The lowest BCUT2D eigenvalue weighted by molar-refractivity contribution is 0.0503. The van der Waals surface area contributed by atoms with Crippen LogP contribution in [0.4, 0.5) is 0 Å². The van der Waals surface area contributed by atoms with E-state index in [1.54, 1.807) is 23.9 Å². The summed E-state index contributed by atoms with van der Waals surface area (Å²) in [5.41, 5.74) is 0.449. The fourth-order valence-electron chi connectivity index (χ4n) is 1.35. The van der Waals surface area contributed by atoms with Gasteiger partial charge in [-0.1, -0.05) is 30.0 Å². The van der Waals surface area contributed by atoms with E-state index in [9.17, 15) is 4.79 Å². The van der Waals surface area contributed by atoms with Gasteiger partial charge in [-0.3, -0.25) is 0 Å². The van der Waals surface area contributed by atoms with E-state index in [1.165, 1.54) is 0 Å². The summed E-state index contributed by atoms with van der Waals surface area (Å²) in [4.78, 5) is 17.5. The van der Waals surface area contributed by atoms with Gasteiger partial charge >= 0.3 is 5.97 Å². The molecular weight excluding hydrogens is 234 g/mol. The molecule has 0 heterocycles. The summed E-state index contributed by atoms with van der Waals surface area (Å²) in [6, 6.07) is 17.1. The molecule has 0 aliphatic rings. The van der Waals surface area contributed by atoms with Gasteiger partial charge in [0.1, 0.15) is 0 Å². The van der Waals surface area contributed by atoms with E-state index < -0.39 is 5.97 Å². The number of hydrogen-bond acceptors (Lipinski definition) is 4. The van der Waals surface area contributed by atoms with Crippen molar-refractivity contribution in [1.82, 2.24) is 0 Å². The lowest BCUT2D eigenvalue weighted by Crippen LogP contribution is -2.09. The number of hydrogen-bond donors (Lipinski definition) is 1. The normalized spacial score (nSPS) is 9.94. The highest BCUT2D eigenvalue weighted by Crippen LogP contribution is 2.27. The molecule has 3 nitrogen and oxygen atoms in total. The van der Waals surface area contributed by atoms with Crippen molar-refractivity contribution in [2.75, 3.05) is 0 Å². The number of carbonyl (C=O) groups excluding carboxylic acids is 1. The predicted molar refractivity (Wildman–Crippen MR) is 66.6 cm³/mol. The van der Waals surface area contributed by atoms with Gasteiger partial charge in [-0.05, 0) is 36.4 Å². The van der Waals surface area contributed by atoms with Crippen LogP contribution in [0.25, 0.3) is 0 Å². The molecule has 2 N–H and O–H groups in total. The minimum absolute atomic E-state index is 0.449. The Morgan fingerprint density at radius 2 is 1.53 bits per heavy atom. The van der Waals surface area contributed by atoms with Crippen LogP contribution in [0, 0.1) is 0 Å². The van der Waals surface area contributed by atoms with Crippen molar-refractivity contribution in [3.05, 3.63) is 60.2 Å². The number of nitrogens with two attached hydrogens (primary N) is 1. The van der Waals surface area contributed by atoms with Crippen molar-refractivity contribution in [3.8, 4) is 0 Å². The summed E-state index contributed by atoms with van der Waals surface area (Å²) in [7, 11) is 0. The van der Waals surface area contributed by atoms with Gasteiger partial charge in [0.2, 0.25) is 0 Å². The standard InChI is InChI=1S/C13H11NO2S/c14-16-13(15)10-6-8-12(9-7-10)17-11-4-2-1-3-5-11/h1-9H,14H2. The van der Waals surface area contributed by atoms with Crippen molar-refractivity contribution >= 4 is 17.7 Å². The molecule has 0 spiro atoms. The average molecular weight is 245 g/mol. The van der Waals surface area contributed by atoms with Gasteiger partial charge in [-0.25, -0.2) is 4.79 Å². The predicted octanol–water partition coefficient (Wildman–Crippen LogP) is 2.87. The average Bonchev–Trinajstić information content (AvgIpc) is 2.40. The molecule has 0 aliphatic carbocycles. The maximum absolute atomic E-state index is 11.1. The van der Waals surface area contributed by atoms with E-state index in [0.29, 0.717) is 5.56 Å². The lowest BCUT2D eigenvalue weighted by Gasteiger charge is -2.02. The van der Waals surface area contributed by atoms with Crippen LogP contribution >= 0.6 is 11.8 Å². The van der Waals surface area contributed by atoms with Gasteiger partial charge in [0.25, 0.3) is 0 Å². The van der Waals surface area contributed by atoms with E-state index in [1.807, 2.05) is 42.5 Å². The monoisotopic (exact) mass is 245 g/mol. The van der Waals surface area contributed by atoms with Crippen LogP contribution < -0.4 is 5.90 Å². The molecule has 0 saturated heterocycles. The van der Waals surface area contributed by atoms with E-state index >= 15 is 0 Å². The van der Waals surface area contributed by atoms with Crippen LogP contribution in [0.2, 0.25) is 0 Å². The highest BCUT2D eigenvalue weighted by atomic mass is 32.2. The number of benzene rings is 2. The van der Waals surface area contributed by atoms with Crippen LogP contribution in [-0.4, -0.2) is 5.97 Å². The SMILES string of the molecule is NOC(=O)c1ccc(Sc2ccccc2)cc1. The zero-order chi connectivity index (χ0) is 12.1. The first-order chi connectivity index (χ1) is 8.29. The molecule has 0 atom stereocenters. The molecule has 2 rings (SSSR count). The molecule has 0 aromatic heterocycles. The summed E-state index contributed by atoms with van der Waals surface area (Å²) in [5.74, 6) is 4.28. The third-order valence-electron chi connectivity index (χ3n) is 2.18. The van der Waals surface area contributed by atoms with E-state index in [4.69, 9.17) is 5.90 Å². The second-order valence-electron chi connectivity index (χ2n) is 3.34. The van der Waals surface area contributed by atoms with E-state index in [-0.39, 0.29) is 0 Å². The molecule has 4 heteroatoms. The maximum Gasteiger partial charge on any atom is 0.356 e. The Labute approximate surface area is 104 Å². The Balaban J connectivity index is 2.11. The zero-order valence-corrected chi connectivity index (χ0v) is 9.81. The molecule has 2 aromatic carbocycles. The van der Waals surface area contributed by atoms with Gasteiger partial charge in [0, 0.05) is 9.79 Å². The first-order valence-corrected chi connectivity index (χ1v) is 5.85. The summed E-state index contributed by atoms with van der Waals surface area (Å²) < 4.78 is 0. The van der Waals surface area contributed by atoms with Crippen molar-refractivity contribution in [2.45, 2.75) is 9.79 Å². The molecule has 0 saturated carbocycles. The zero-order valence-electron chi connectivity index (χ0n) is 9.00. The summed E-state index contributed by atoms with van der Waals surface area (Å²) in [6.07, 6.45) is 0. The van der Waals surface area contributed by atoms with E-state index in [0.717, 1.165) is 9.79 Å². The Morgan fingerprint density at radius 3 is 2.12 bits per heavy atom. The number of carbonyl (C=O) groups is 1. The summed E-state index contributed by atoms with van der Waals surface area (Å²) in [5, 5.41) is 0. The second-order valence-corrected chi connectivity index (χ2v) is 4.49. The summed E-state index contributed by atoms with van der Waals surface area (Å²) in [6.45, 7) is 0. The smallest absolute Gasteiger partial charge is 0.356 e. The van der Waals surface area contributed by atoms with Crippen LogP contribution in [0.5, 0.6) is 0 Å². The molecule has 0 radical (unpaired) electrons. The minimum Gasteiger partial charge on any atom is -0.370 e.